The van der Waals surface area contributed by atoms with E-state index in [1.165, 1.54) is 24.3 Å². The van der Waals surface area contributed by atoms with E-state index < -0.39 is 17.5 Å². The number of hydrogen-bond donors (Lipinski definition) is 3. The Balaban J connectivity index is 1.53. The maximum atomic E-state index is 14.0. The molecule has 0 bridgehead atoms. The van der Waals surface area contributed by atoms with Crippen molar-refractivity contribution in [1.29, 1.82) is 0 Å². The van der Waals surface area contributed by atoms with E-state index in [4.69, 9.17) is 0 Å². The van der Waals surface area contributed by atoms with E-state index in [2.05, 4.69) is 30.8 Å². The second-order valence-corrected chi connectivity index (χ2v) is 6.91. The standard InChI is InChI=1S/C20H15F3N6/c21-11-3-5-15-13(7-11)19(26-18-9-17(28-29-18)10-1-2-10)27-20(24-15)25-16-6-4-12(22)8-14(16)23/h3-10H,1-2H2,(H3,24,25,26,27,28,29). The van der Waals surface area contributed by atoms with Crippen LogP contribution in [0, 0.1) is 17.5 Å². The highest BCUT2D eigenvalue weighted by molar-refractivity contribution is 5.91. The Bertz CT molecular complexity index is 1220. The summed E-state index contributed by atoms with van der Waals surface area (Å²) in [5.74, 6) is -0.469. The van der Waals surface area contributed by atoms with Crippen LogP contribution in [0.1, 0.15) is 24.5 Å². The maximum Gasteiger partial charge on any atom is 0.229 e. The number of rotatable bonds is 5. The van der Waals surface area contributed by atoms with Gasteiger partial charge in [-0.1, -0.05) is 0 Å². The number of halogens is 3. The van der Waals surface area contributed by atoms with E-state index in [9.17, 15) is 13.2 Å². The molecule has 1 aliphatic carbocycles. The van der Waals surface area contributed by atoms with Crippen LogP contribution >= 0.6 is 0 Å². The summed E-state index contributed by atoms with van der Waals surface area (Å²) in [6, 6.07) is 9.13. The average Bonchev–Trinajstić information content (AvgIpc) is 3.44. The summed E-state index contributed by atoms with van der Waals surface area (Å²) in [5.41, 5.74) is 1.50. The summed E-state index contributed by atoms with van der Waals surface area (Å²) in [6.45, 7) is 0. The number of benzene rings is 2. The summed E-state index contributed by atoms with van der Waals surface area (Å²) in [6.07, 6.45) is 2.25. The SMILES string of the molecule is Fc1ccc(Nc2nc(Nc3cc(C4CC4)[nH]n3)c3cc(F)ccc3n2)c(F)c1. The number of aromatic amines is 1. The van der Waals surface area contributed by atoms with Gasteiger partial charge in [-0.05, 0) is 43.2 Å². The molecule has 0 amide bonds. The molecule has 5 rings (SSSR count). The molecule has 0 aliphatic heterocycles. The first kappa shape index (κ1) is 17.5. The minimum absolute atomic E-state index is 0.0228. The number of fused-ring (bicyclic) bond motifs is 1. The minimum atomic E-state index is -0.774. The summed E-state index contributed by atoms with van der Waals surface area (Å²) in [4.78, 5) is 8.65. The van der Waals surface area contributed by atoms with Gasteiger partial charge in [-0.2, -0.15) is 10.1 Å². The Morgan fingerprint density at radius 3 is 2.48 bits per heavy atom. The number of H-pyrrole nitrogens is 1. The van der Waals surface area contributed by atoms with Gasteiger partial charge < -0.3 is 10.6 Å². The molecular formula is C20H15F3N6. The van der Waals surface area contributed by atoms with Crippen LogP contribution in [0.3, 0.4) is 0 Å². The van der Waals surface area contributed by atoms with Crippen molar-refractivity contribution >= 4 is 34.2 Å². The van der Waals surface area contributed by atoms with Gasteiger partial charge in [-0.15, -0.1) is 0 Å². The van der Waals surface area contributed by atoms with E-state index in [-0.39, 0.29) is 11.6 Å². The molecule has 4 aromatic rings. The van der Waals surface area contributed by atoms with Crippen LogP contribution in [0.15, 0.2) is 42.5 Å². The van der Waals surface area contributed by atoms with E-state index in [1.54, 1.807) is 0 Å². The highest BCUT2D eigenvalue weighted by atomic mass is 19.1. The lowest BCUT2D eigenvalue weighted by Gasteiger charge is -2.11. The third kappa shape index (κ3) is 3.58. The Morgan fingerprint density at radius 2 is 1.69 bits per heavy atom. The fraction of sp³-hybridized carbons (Fsp3) is 0.150. The minimum Gasteiger partial charge on any atom is -0.323 e. The normalized spacial score (nSPS) is 13.6. The van der Waals surface area contributed by atoms with Crippen LogP contribution in [0.25, 0.3) is 10.9 Å². The second kappa shape index (κ2) is 6.77. The van der Waals surface area contributed by atoms with Crippen LogP contribution in [0.5, 0.6) is 0 Å². The smallest absolute Gasteiger partial charge is 0.229 e. The van der Waals surface area contributed by atoms with Gasteiger partial charge in [0.1, 0.15) is 23.3 Å². The molecule has 1 aliphatic rings. The van der Waals surface area contributed by atoms with Gasteiger partial charge in [0.05, 0.1) is 11.2 Å². The van der Waals surface area contributed by atoms with Crippen molar-refractivity contribution in [1.82, 2.24) is 20.2 Å². The largest absolute Gasteiger partial charge is 0.323 e. The number of hydrogen-bond acceptors (Lipinski definition) is 5. The van der Waals surface area contributed by atoms with Gasteiger partial charge in [-0.25, -0.2) is 18.2 Å². The van der Waals surface area contributed by atoms with Crippen molar-refractivity contribution < 1.29 is 13.2 Å². The van der Waals surface area contributed by atoms with E-state index in [1.807, 2.05) is 6.07 Å². The van der Waals surface area contributed by atoms with Crippen molar-refractivity contribution in [2.75, 3.05) is 10.6 Å². The molecule has 29 heavy (non-hydrogen) atoms. The van der Waals surface area contributed by atoms with Gasteiger partial charge in [0.25, 0.3) is 0 Å². The molecule has 2 heterocycles. The highest BCUT2D eigenvalue weighted by Crippen LogP contribution is 2.40. The summed E-state index contributed by atoms with van der Waals surface area (Å²) < 4.78 is 41.0. The van der Waals surface area contributed by atoms with Gasteiger partial charge in [-0.3, -0.25) is 5.10 Å². The van der Waals surface area contributed by atoms with Gasteiger partial charge in [0.2, 0.25) is 5.95 Å². The highest BCUT2D eigenvalue weighted by Gasteiger charge is 2.25. The van der Waals surface area contributed by atoms with Crippen LogP contribution in [-0.2, 0) is 0 Å². The summed E-state index contributed by atoms with van der Waals surface area (Å²) in [7, 11) is 0. The molecule has 1 saturated carbocycles. The van der Waals surface area contributed by atoms with Gasteiger partial charge >= 0.3 is 0 Å². The molecule has 0 unspecified atom stereocenters. The molecule has 3 N–H and O–H groups in total. The zero-order valence-electron chi connectivity index (χ0n) is 15.0. The summed E-state index contributed by atoms with van der Waals surface area (Å²) >= 11 is 0. The third-order valence-electron chi connectivity index (χ3n) is 4.70. The van der Waals surface area contributed by atoms with Gasteiger partial charge in [0, 0.05) is 29.1 Å². The number of aromatic nitrogens is 4. The van der Waals surface area contributed by atoms with Crippen LogP contribution < -0.4 is 10.6 Å². The monoisotopic (exact) mass is 396 g/mol. The molecule has 0 spiro atoms. The second-order valence-electron chi connectivity index (χ2n) is 6.91. The quantitative estimate of drug-likeness (QED) is 0.436. The predicted molar refractivity (Wildman–Crippen MR) is 103 cm³/mol. The molecule has 146 valence electrons. The Labute approximate surface area is 163 Å². The predicted octanol–water partition coefficient (Wildman–Crippen LogP) is 5.13. The fourth-order valence-corrected chi connectivity index (χ4v) is 3.09. The fourth-order valence-electron chi connectivity index (χ4n) is 3.09. The van der Waals surface area contributed by atoms with Crippen molar-refractivity contribution in [3.8, 4) is 0 Å². The Kier molecular flexibility index (Phi) is 4.08. The zero-order valence-corrected chi connectivity index (χ0v) is 15.0. The van der Waals surface area contributed by atoms with Crippen LogP contribution in [0.4, 0.5) is 36.4 Å². The van der Waals surface area contributed by atoms with Gasteiger partial charge in [0.15, 0.2) is 5.82 Å². The lowest BCUT2D eigenvalue weighted by molar-refractivity contribution is 0.586. The van der Waals surface area contributed by atoms with Crippen LogP contribution in [0.2, 0.25) is 0 Å². The lowest BCUT2D eigenvalue weighted by Crippen LogP contribution is -2.04. The van der Waals surface area contributed by atoms with Crippen molar-refractivity contribution in [3.63, 3.8) is 0 Å². The Hall–Kier alpha value is -3.62. The van der Waals surface area contributed by atoms with E-state index >= 15 is 0 Å². The van der Waals surface area contributed by atoms with E-state index in [0.29, 0.717) is 28.5 Å². The molecule has 9 heteroatoms. The number of nitrogens with one attached hydrogen (secondary N) is 3. The summed E-state index contributed by atoms with van der Waals surface area (Å²) in [5, 5.41) is 13.5. The first-order valence-corrected chi connectivity index (χ1v) is 9.07. The van der Waals surface area contributed by atoms with Crippen molar-refractivity contribution in [3.05, 3.63) is 65.6 Å². The van der Waals surface area contributed by atoms with Crippen molar-refractivity contribution in [2.45, 2.75) is 18.8 Å². The molecule has 1 fully saturated rings. The first-order valence-electron chi connectivity index (χ1n) is 9.07. The molecule has 2 aromatic carbocycles. The molecule has 6 nitrogen and oxygen atoms in total. The maximum absolute atomic E-state index is 14.0. The molecule has 0 atom stereocenters. The first-order chi connectivity index (χ1) is 14.0. The number of anilines is 4. The topological polar surface area (TPSA) is 78.5 Å². The average molecular weight is 396 g/mol. The zero-order chi connectivity index (χ0) is 20.0. The number of nitrogens with zero attached hydrogens (tertiary/aromatic N) is 3. The molecule has 2 aromatic heterocycles. The molecule has 0 saturated heterocycles. The lowest BCUT2D eigenvalue weighted by atomic mass is 10.2. The Morgan fingerprint density at radius 1 is 0.897 bits per heavy atom. The third-order valence-corrected chi connectivity index (χ3v) is 4.70. The van der Waals surface area contributed by atoms with E-state index in [0.717, 1.165) is 30.7 Å². The van der Waals surface area contributed by atoms with Crippen molar-refractivity contribution in [2.24, 2.45) is 0 Å². The molecule has 0 radical (unpaired) electrons. The molecular weight excluding hydrogens is 381 g/mol. The van der Waals surface area contributed by atoms with Crippen LogP contribution in [-0.4, -0.2) is 20.2 Å².